The highest BCUT2D eigenvalue weighted by molar-refractivity contribution is 6.10. The molecule has 0 aliphatic rings. The van der Waals surface area contributed by atoms with E-state index in [1.54, 1.807) is 37.3 Å². The molecule has 126 valence electrons. The molecule has 0 atom stereocenters. The average Bonchev–Trinajstić information content (AvgIpc) is 2.61. The molecule has 0 unspecified atom stereocenters. The number of anilines is 1. The highest BCUT2D eigenvalue weighted by Gasteiger charge is 2.12. The number of amides is 1. The van der Waals surface area contributed by atoms with E-state index in [0.29, 0.717) is 16.8 Å². The fourth-order valence-corrected chi connectivity index (χ4v) is 2.02. The highest BCUT2D eigenvalue weighted by atomic mass is 16.5. The third-order valence-electron chi connectivity index (χ3n) is 3.26. The van der Waals surface area contributed by atoms with E-state index in [2.05, 4.69) is 5.32 Å². The van der Waals surface area contributed by atoms with Crippen LogP contribution in [0.1, 0.15) is 22.8 Å². The predicted molar refractivity (Wildman–Crippen MR) is 92.7 cm³/mol. The Morgan fingerprint density at radius 2 is 1.88 bits per heavy atom. The minimum atomic E-state index is -0.616. The minimum Gasteiger partial charge on any atom is -0.507 e. The van der Waals surface area contributed by atoms with E-state index in [4.69, 9.17) is 4.74 Å². The molecule has 0 saturated carbocycles. The van der Waals surface area contributed by atoms with E-state index in [-0.39, 0.29) is 17.9 Å². The number of nitrogens with one attached hydrogen (secondary N) is 1. The van der Waals surface area contributed by atoms with E-state index in [1.165, 1.54) is 24.3 Å². The van der Waals surface area contributed by atoms with Gasteiger partial charge in [-0.3, -0.25) is 4.79 Å². The van der Waals surface area contributed by atoms with Crippen molar-refractivity contribution < 1.29 is 19.4 Å². The van der Waals surface area contributed by atoms with Crippen molar-refractivity contribution in [3.8, 4) is 11.8 Å². The number of hydrogen-bond acceptors (Lipinski definition) is 5. The molecule has 1 amide bonds. The summed E-state index contributed by atoms with van der Waals surface area (Å²) in [5.74, 6) is -1.09. The topological polar surface area (TPSA) is 99.4 Å². The molecule has 0 aromatic heterocycles. The van der Waals surface area contributed by atoms with Gasteiger partial charge in [0.1, 0.15) is 17.4 Å². The van der Waals surface area contributed by atoms with Crippen molar-refractivity contribution in [3.63, 3.8) is 0 Å². The molecule has 2 aromatic carbocycles. The van der Waals surface area contributed by atoms with Gasteiger partial charge in [-0.2, -0.15) is 5.26 Å². The van der Waals surface area contributed by atoms with Crippen molar-refractivity contribution in [2.24, 2.45) is 0 Å². The smallest absolute Gasteiger partial charge is 0.338 e. The maximum Gasteiger partial charge on any atom is 0.338 e. The molecule has 0 saturated heterocycles. The summed E-state index contributed by atoms with van der Waals surface area (Å²) in [7, 11) is 0. The zero-order valence-corrected chi connectivity index (χ0v) is 13.5. The summed E-state index contributed by atoms with van der Waals surface area (Å²) in [5.41, 5.74) is 1.00. The second kappa shape index (κ2) is 8.31. The maximum absolute atomic E-state index is 12.2. The lowest BCUT2D eigenvalue weighted by atomic mass is 10.1. The summed E-state index contributed by atoms with van der Waals surface area (Å²) in [6.45, 7) is 1.99. The molecule has 0 fully saturated rings. The minimum absolute atomic E-state index is 0.0261. The quantitative estimate of drug-likeness (QED) is 0.496. The Morgan fingerprint density at radius 1 is 1.20 bits per heavy atom. The number of rotatable bonds is 5. The number of hydrogen-bond donors (Lipinski definition) is 2. The monoisotopic (exact) mass is 336 g/mol. The molecule has 0 aliphatic heterocycles. The van der Waals surface area contributed by atoms with Crippen LogP contribution in [0.4, 0.5) is 5.69 Å². The van der Waals surface area contributed by atoms with Gasteiger partial charge in [-0.15, -0.1) is 0 Å². The van der Waals surface area contributed by atoms with Gasteiger partial charge in [-0.05, 0) is 43.3 Å². The molecule has 2 rings (SSSR count). The molecule has 2 aromatic rings. The number of phenols is 1. The van der Waals surface area contributed by atoms with Crippen molar-refractivity contribution in [2.75, 3.05) is 11.9 Å². The van der Waals surface area contributed by atoms with Crippen LogP contribution >= 0.6 is 0 Å². The lowest BCUT2D eigenvalue weighted by molar-refractivity contribution is -0.112. The van der Waals surface area contributed by atoms with Crippen LogP contribution < -0.4 is 5.32 Å². The number of para-hydroxylation sites is 1. The standard InChI is InChI=1S/C19H16N2O4/c1-2-25-19(24)13-7-9-16(10-8-13)21-18(23)15(12-20)11-14-5-3-4-6-17(14)22/h3-11,22H,2H2,1H3,(H,21,23)/b15-11+. The van der Waals surface area contributed by atoms with Crippen LogP contribution in [0.2, 0.25) is 0 Å². The molecule has 0 bridgehead atoms. The fraction of sp³-hybridized carbons (Fsp3) is 0.105. The molecular formula is C19H16N2O4. The second-order valence-corrected chi connectivity index (χ2v) is 4.98. The van der Waals surface area contributed by atoms with E-state index < -0.39 is 11.9 Å². The predicted octanol–water partition coefficient (Wildman–Crippen LogP) is 3.11. The van der Waals surface area contributed by atoms with Crippen LogP contribution in [-0.2, 0) is 9.53 Å². The number of aromatic hydroxyl groups is 1. The van der Waals surface area contributed by atoms with Crippen molar-refractivity contribution in [1.29, 1.82) is 5.26 Å². The Bertz CT molecular complexity index is 848. The maximum atomic E-state index is 12.2. The summed E-state index contributed by atoms with van der Waals surface area (Å²) in [4.78, 5) is 23.8. The summed E-state index contributed by atoms with van der Waals surface area (Å²) < 4.78 is 4.88. The first-order valence-electron chi connectivity index (χ1n) is 7.53. The average molecular weight is 336 g/mol. The fourth-order valence-electron chi connectivity index (χ4n) is 2.02. The van der Waals surface area contributed by atoms with Gasteiger partial charge in [0.05, 0.1) is 12.2 Å². The van der Waals surface area contributed by atoms with Crippen LogP contribution in [0.25, 0.3) is 6.08 Å². The number of carbonyl (C=O) groups excluding carboxylic acids is 2. The van der Waals surface area contributed by atoms with Gasteiger partial charge >= 0.3 is 5.97 Å². The first kappa shape index (κ1) is 17.8. The second-order valence-electron chi connectivity index (χ2n) is 4.98. The molecule has 0 spiro atoms. The zero-order valence-electron chi connectivity index (χ0n) is 13.5. The van der Waals surface area contributed by atoms with Crippen molar-refractivity contribution in [2.45, 2.75) is 6.92 Å². The van der Waals surface area contributed by atoms with Crippen LogP contribution in [0, 0.1) is 11.3 Å². The van der Waals surface area contributed by atoms with Gasteiger partial charge in [0.25, 0.3) is 5.91 Å². The van der Waals surface area contributed by atoms with Gasteiger partial charge in [-0.25, -0.2) is 4.79 Å². The van der Waals surface area contributed by atoms with Gasteiger partial charge in [0.2, 0.25) is 0 Å². The van der Waals surface area contributed by atoms with Crippen molar-refractivity contribution >= 4 is 23.6 Å². The molecule has 25 heavy (non-hydrogen) atoms. The van der Waals surface area contributed by atoms with Crippen LogP contribution in [0.5, 0.6) is 5.75 Å². The molecule has 0 aliphatic carbocycles. The van der Waals surface area contributed by atoms with Gasteiger partial charge in [-0.1, -0.05) is 18.2 Å². The number of ether oxygens (including phenoxy) is 1. The largest absolute Gasteiger partial charge is 0.507 e. The van der Waals surface area contributed by atoms with Gasteiger partial charge < -0.3 is 15.2 Å². The van der Waals surface area contributed by atoms with Crippen LogP contribution in [0.3, 0.4) is 0 Å². The molecule has 6 heteroatoms. The van der Waals surface area contributed by atoms with Crippen molar-refractivity contribution in [3.05, 3.63) is 65.2 Å². The molecular weight excluding hydrogens is 320 g/mol. The lowest BCUT2D eigenvalue weighted by Crippen LogP contribution is -2.13. The Morgan fingerprint density at radius 3 is 2.48 bits per heavy atom. The SMILES string of the molecule is CCOC(=O)c1ccc(NC(=O)/C(C#N)=C/c2ccccc2O)cc1. The van der Waals surface area contributed by atoms with E-state index in [1.807, 2.05) is 6.07 Å². The summed E-state index contributed by atoms with van der Waals surface area (Å²) >= 11 is 0. The van der Waals surface area contributed by atoms with Crippen LogP contribution in [-0.4, -0.2) is 23.6 Å². The zero-order chi connectivity index (χ0) is 18.2. The number of esters is 1. The molecule has 0 heterocycles. The van der Waals surface area contributed by atoms with Crippen molar-refractivity contribution in [1.82, 2.24) is 0 Å². The summed E-state index contributed by atoms with van der Waals surface area (Å²) in [6, 6.07) is 14.3. The Hall–Kier alpha value is -3.59. The number of carbonyl (C=O) groups is 2. The number of benzene rings is 2. The highest BCUT2D eigenvalue weighted by Crippen LogP contribution is 2.19. The van der Waals surface area contributed by atoms with E-state index >= 15 is 0 Å². The Kier molecular flexibility index (Phi) is 5.91. The van der Waals surface area contributed by atoms with Gasteiger partial charge in [0.15, 0.2) is 0 Å². The van der Waals surface area contributed by atoms with E-state index in [0.717, 1.165) is 0 Å². The first-order valence-corrected chi connectivity index (χ1v) is 7.53. The Labute approximate surface area is 145 Å². The van der Waals surface area contributed by atoms with E-state index in [9.17, 15) is 20.0 Å². The lowest BCUT2D eigenvalue weighted by Gasteiger charge is -2.06. The Balaban J connectivity index is 2.14. The number of nitriles is 1. The summed E-state index contributed by atoms with van der Waals surface area (Å²) in [5, 5.41) is 21.5. The van der Waals surface area contributed by atoms with Gasteiger partial charge in [0, 0.05) is 11.3 Å². The number of nitrogens with zero attached hydrogens (tertiary/aromatic N) is 1. The third kappa shape index (κ3) is 4.69. The molecule has 6 nitrogen and oxygen atoms in total. The first-order chi connectivity index (χ1) is 12.0. The molecule has 0 radical (unpaired) electrons. The summed E-state index contributed by atoms with van der Waals surface area (Å²) in [6.07, 6.45) is 1.30. The number of phenolic OH excluding ortho intramolecular Hbond substituents is 1. The van der Waals surface area contributed by atoms with Crippen LogP contribution in [0.15, 0.2) is 54.1 Å². The molecule has 2 N–H and O–H groups in total. The normalized spacial score (nSPS) is 10.6. The third-order valence-corrected chi connectivity index (χ3v) is 3.26.